The highest BCUT2D eigenvalue weighted by molar-refractivity contribution is 9.10. The number of pyridine rings is 1. The molecule has 0 saturated carbocycles. The van der Waals surface area contributed by atoms with Gasteiger partial charge in [0.25, 0.3) is 5.89 Å². The molecule has 0 radical (unpaired) electrons. The van der Waals surface area contributed by atoms with Crippen LogP contribution in [-0.4, -0.2) is 39.2 Å². The maximum Gasteiger partial charge on any atom is 0.258 e. The molecule has 0 aliphatic carbocycles. The maximum atomic E-state index is 5.25. The Morgan fingerprint density at radius 1 is 1.19 bits per heavy atom. The monoisotopic (exact) mass is 427 g/mol. The number of anilines is 1. The van der Waals surface area contributed by atoms with Gasteiger partial charge in [0, 0.05) is 41.9 Å². The van der Waals surface area contributed by atoms with E-state index in [-0.39, 0.29) is 0 Å². The van der Waals surface area contributed by atoms with E-state index >= 15 is 0 Å². The quantitative estimate of drug-likeness (QED) is 0.655. The van der Waals surface area contributed by atoms with Crippen molar-refractivity contribution in [3.05, 3.63) is 58.5 Å². The van der Waals surface area contributed by atoms with Gasteiger partial charge >= 0.3 is 0 Å². The van der Waals surface area contributed by atoms with Crippen molar-refractivity contribution >= 4 is 21.7 Å². The van der Waals surface area contributed by atoms with E-state index in [9.17, 15) is 0 Å². The minimum Gasteiger partial charge on any atom is -0.367 e. The summed E-state index contributed by atoms with van der Waals surface area (Å²) < 4.78 is 6.37. The highest BCUT2D eigenvalue weighted by Gasteiger charge is 2.20. The van der Waals surface area contributed by atoms with Crippen LogP contribution in [0.4, 0.5) is 5.82 Å². The zero-order valence-electron chi connectivity index (χ0n) is 15.2. The molecule has 1 saturated heterocycles. The second-order valence-corrected chi connectivity index (χ2v) is 7.81. The molecule has 3 heterocycles. The molecule has 1 aromatic carbocycles. The van der Waals surface area contributed by atoms with Gasteiger partial charge in [0.2, 0.25) is 0 Å². The largest absolute Gasteiger partial charge is 0.367 e. The predicted octanol–water partition coefficient (Wildman–Crippen LogP) is 4.28. The first-order valence-corrected chi connectivity index (χ1v) is 9.95. The van der Waals surface area contributed by atoms with Crippen LogP contribution < -0.4 is 5.32 Å². The van der Waals surface area contributed by atoms with Crippen LogP contribution in [-0.2, 0) is 6.54 Å². The van der Waals surface area contributed by atoms with Crippen molar-refractivity contribution in [2.75, 3.05) is 18.4 Å². The van der Waals surface area contributed by atoms with Gasteiger partial charge < -0.3 is 9.84 Å². The van der Waals surface area contributed by atoms with Crippen LogP contribution >= 0.6 is 15.9 Å². The van der Waals surface area contributed by atoms with E-state index < -0.39 is 0 Å². The Bertz CT molecular complexity index is 887. The average molecular weight is 428 g/mol. The van der Waals surface area contributed by atoms with E-state index in [4.69, 9.17) is 4.52 Å². The number of hydrogen-bond acceptors (Lipinski definition) is 6. The molecule has 4 rings (SSSR count). The van der Waals surface area contributed by atoms with Crippen molar-refractivity contribution in [3.8, 4) is 11.5 Å². The van der Waals surface area contributed by atoms with Crippen molar-refractivity contribution in [1.82, 2.24) is 20.0 Å². The third-order valence-corrected chi connectivity index (χ3v) is 5.32. The third-order valence-electron chi connectivity index (χ3n) is 4.79. The Kier molecular flexibility index (Phi) is 5.50. The molecule has 1 aliphatic rings. The standard InChI is InChI=1S/C20H22BrN5O/c1-14-23-20(27-25-14)16-6-9-22-19(12-16)24-18-7-10-26(11-8-18)13-15-2-4-17(21)5-3-15/h2-6,9,12,18H,7-8,10-11,13H2,1H3,(H,22,24). The van der Waals surface area contributed by atoms with Gasteiger partial charge in [-0.05, 0) is 49.6 Å². The topological polar surface area (TPSA) is 67.1 Å². The number of piperidine rings is 1. The highest BCUT2D eigenvalue weighted by atomic mass is 79.9. The second-order valence-electron chi connectivity index (χ2n) is 6.90. The van der Waals surface area contributed by atoms with Crippen molar-refractivity contribution in [1.29, 1.82) is 0 Å². The molecule has 140 valence electrons. The van der Waals surface area contributed by atoms with Gasteiger partial charge in [-0.1, -0.05) is 33.2 Å². The maximum absolute atomic E-state index is 5.25. The lowest BCUT2D eigenvalue weighted by molar-refractivity contribution is 0.211. The smallest absolute Gasteiger partial charge is 0.258 e. The first-order chi connectivity index (χ1) is 13.2. The van der Waals surface area contributed by atoms with Gasteiger partial charge in [-0.3, -0.25) is 4.90 Å². The lowest BCUT2D eigenvalue weighted by Crippen LogP contribution is -2.38. The number of rotatable bonds is 5. The number of aryl methyl sites for hydroxylation is 1. The minimum absolute atomic E-state index is 0.429. The Balaban J connectivity index is 1.32. The summed E-state index contributed by atoms with van der Waals surface area (Å²) in [6, 6.07) is 12.9. The molecule has 27 heavy (non-hydrogen) atoms. The Morgan fingerprint density at radius 2 is 1.96 bits per heavy atom. The van der Waals surface area contributed by atoms with Gasteiger partial charge in [0.05, 0.1) is 0 Å². The van der Waals surface area contributed by atoms with Gasteiger partial charge in [0.1, 0.15) is 5.82 Å². The normalized spacial score (nSPS) is 15.8. The van der Waals surface area contributed by atoms with Crippen molar-refractivity contribution in [3.63, 3.8) is 0 Å². The second kappa shape index (κ2) is 8.19. The Labute approximate surface area is 167 Å². The van der Waals surface area contributed by atoms with E-state index in [1.54, 1.807) is 6.20 Å². The predicted molar refractivity (Wildman–Crippen MR) is 108 cm³/mol. The van der Waals surface area contributed by atoms with Gasteiger partial charge in [0.15, 0.2) is 5.82 Å². The summed E-state index contributed by atoms with van der Waals surface area (Å²) >= 11 is 3.49. The molecular weight excluding hydrogens is 406 g/mol. The molecule has 1 fully saturated rings. The SMILES string of the molecule is Cc1noc(-c2ccnc(NC3CCN(Cc4ccc(Br)cc4)CC3)c2)n1. The summed E-state index contributed by atoms with van der Waals surface area (Å²) in [6.07, 6.45) is 3.98. The van der Waals surface area contributed by atoms with Crippen molar-refractivity contribution in [2.24, 2.45) is 0 Å². The van der Waals surface area contributed by atoms with E-state index in [0.717, 1.165) is 48.3 Å². The van der Waals surface area contributed by atoms with Crippen LogP contribution in [0.2, 0.25) is 0 Å². The molecule has 0 spiro atoms. The molecule has 3 aromatic rings. The van der Waals surface area contributed by atoms with Crippen LogP contribution in [0.25, 0.3) is 11.5 Å². The molecular formula is C20H22BrN5O. The van der Waals surface area contributed by atoms with Gasteiger partial charge in [-0.2, -0.15) is 4.98 Å². The fourth-order valence-electron chi connectivity index (χ4n) is 3.35. The molecule has 1 aliphatic heterocycles. The zero-order chi connectivity index (χ0) is 18.6. The third kappa shape index (κ3) is 4.73. The number of likely N-dealkylation sites (tertiary alicyclic amines) is 1. The first-order valence-electron chi connectivity index (χ1n) is 9.16. The number of aromatic nitrogens is 3. The molecule has 1 N–H and O–H groups in total. The fourth-order valence-corrected chi connectivity index (χ4v) is 3.61. The number of nitrogens with zero attached hydrogens (tertiary/aromatic N) is 4. The van der Waals surface area contributed by atoms with E-state index in [1.807, 2.05) is 19.1 Å². The lowest BCUT2D eigenvalue weighted by Gasteiger charge is -2.32. The zero-order valence-corrected chi connectivity index (χ0v) is 16.8. The van der Waals surface area contributed by atoms with Gasteiger partial charge in [-0.15, -0.1) is 0 Å². The summed E-state index contributed by atoms with van der Waals surface area (Å²) in [5.74, 6) is 2.02. The number of nitrogens with one attached hydrogen (secondary N) is 1. The van der Waals surface area contributed by atoms with Crippen LogP contribution in [0.1, 0.15) is 24.2 Å². The number of halogens is 1. The number of hydrogen-bond donors (Lipinski definition) is 1. The van der Waals surface area contributed by atoms with Crippen LogP contribution in [0.15, 0.2) is 51.6 Å². The molecule has 0 bridgehead atoms. The Morgan fingerprint density at radius 3 is 2.67 bits per heavy atom. The number of benzene rings is 1. The van der Waals surface area contributed by atoms with Crippen molar-refractivity contribution < 1.29 is 4.52 Å². The average Bonchev–Trinajstić information content (AvgIpc) is 3.12. The van der Waals surface area contributed by atoms with Crippen LogP contribution in [0.5, 0.6) is 0 Å². The fraction of sp³-hybridized carbons (Fsp3) is 0.350. The summed E-state index contributed by atoms with van der Waals surface area (Å²) in [5.41, 5.74) is 2.25. The van der Waals surface area contributed by atoms with Crippen LogP contribution in [0, 0.1) is 6.92 Å². The van der Waals surface area contributed by atoms with E-state index in [2.05, 4.69) is 65.5 Å². The Hall–Kier alpha value is -2.25. The highest BCUT2D eigenvalue weighted by Crippen LogP contribution is 2.22. The minimum atomic E-state index is 0.429. The molecule has 0 amide bonds. The van der Waals surface area contributed by atoms with Gasteiger partial charge in [-0.25, -0.2) is 4.98 Å². The molecule has 0 unspecified atom stereocenters. The summed E-state index contributed by atoms with van der Waals surface area (Å²) in [7, 11) is 0. The summed E-state index contributed by atoms with van der Waals surface area (Å²) in [5, 5.41) is 7.41. The lowest BCUT2D eigenvalue weighted by atomic mass is 10.0. The van der Waals surface area contributed by atoms with E-state index in [1.165, 1.54) is 5.56 Å². The molecule has 0 atom stereocenters. The van der Waals surface area contributed by atoms with Crippen LogP contribution in [0.3, 0.4) is 0 Å². The summed E-state index contributed by atoms with van der Waals surface area (Å²) in [4.78, 5) is 11.2. The van der Waals surface area contributed by atoms with E-state index in [0.29, 0.717) is 17.8 Å². The molecule has 2 aromatic heterocycles. The van der Waals surface area contributed by atoms with Crippen molar-refractivity contribution in [2.45, 2.75) is 32.4 Å². The molecule has 7 heteroatoms. The molecule has 6 nitrogen and oxygen atoms in total. The summed E-state index contributed by atoms with van der Waals surface area (Å²) in [6.45, 7) is 4.98. The first kappa shape index (κ1) is 18.1.